The summed E-state index contributed by atoms with van der Waals surface area (Å²) in [5.41, 5.74) is 2.00. The van der Waals surface area contributed by atoms with E-state index in [0.29, 0.717) is 27.8 Å². The molecule has 0 saturated carbocycles. The van der Waals surface area contributed by atoms with Gasteiger partial charge in [-0.3, -0.25) is 19.8 Å². The van der Waals surface area contributed by atoms with E-state index in [-0.39, 0.29) is 17.3 Å². The molecular weight excluding hydrogens is 508 g/mol. The second kappa shape index (κ2) is 10.4. The van der Waals surface area contributed by atoms with Gasteiger partial charge in [0.15, 0.2) is 5.11 Å². The Labute approximate surface area is 224 Å². The number of anilines is 1. The quantitative estimate of drug-likeness (QED) is 0.191. The highest BCUT2D eigenvalue weighted by molar-refractivity contribution is 7.80. The lowest BCUT2D eigenvalue weighted by molar-refractivity contribution is -0.122. The van der Waals surface area contributed by atoms with E-state index in [2.05, 4.69) is 5.32 Å². The molecule has 0 radical (unpaired) electrons. The van der Waals surface area contributed by atoms with Crippen molar-refractivity contribution in [2.45, 2.75) is 6.61 Å². The fourth-order valence-corrected chi connectivity index (χ4v) is 4.47. The summed E-state index contributed by atoms with van der Waals surface area (Å²) in [7, 11) is 1.56. The molecule has 184 valence electrons. The molecular formula is C29H21ClN2O4S. The third kappa shape index (κ3) is 5.05. The fourth-order valence-electron chi connectivity index (χ4n) is 4.06. The van der Waals surface area contributed by atoms with Crippen LogP contribution in [0.15, 0.2) is 90.5 Å². The number of halogens is 1. The molecule has 4 aromatic carbocycles. The molecule has 1 N–H and O–H groups in total. The van der Waals surface area contributed by atoms with Gasteiger partial charge < -0.3 is 9.47 Å². The lowest BCUT2D eigenvalue weighted by Crippen LogP contribution is -2.54. The van der Waals surface area contributed by atoms with E-state index in [1.165, 1.54) is 4.90 Å². The van der Waals surface area contributed by atoms with Gasteiger partial charge in [0, 0.05) is 10.6 Å². The predicted molar refractivity (Wildman–Crippen MR) is 149 cm³/mol. The fraction of sp³-hybridized carbons (Fsp3) is 0.0690. The number of carbonyl (C=O) groups is 2. The number of benzene rings is 4. The number of methoxy groups -OCH3 is 1. The topological polar surface area (TPSA) is 67.9 Å². The summed E-state index contributed by atoms with van der Waals surface area (Å²) in [5.74, 6) is 0.0647. The molecule has 0 aromatic heterocycles. The number of carbonyl (C=O) groups excluding carboxylic acids is 2. The van der Waals surface area contributed by atoms with Crippen LogP contribution in [-0.2, 0) is 16.2 Å². The second-order valence-corrected chi connectivity index (χ2v) is 9.09. The lowest BCUT2D eigenvalue weighted by atomic mass is 9.99. The standard InChI is InChI=1S/C29H21ClN2O4S/c1-35-22-13-11-21(12-14-22)32-28(34)25(27(33)31-29(32)37)16-24-23-5-3-2-4-19(23)8-15-26(24)36-17-18-6-9-20(30)10-7-18/h2-16H,17H2,1H3,(H,31,33,37)/b25-16+. The molecule has 5 rings (SSSR count). The predicted octanol–water partition coefficient (Wildman–Crippen LogP) is 5.91. The molecule has 4 aromatic rings. The molecule has 0 unspecified atom stereocenters. The minimum atomic E-state index is -0.573. The highest BCUT2D eigenvalue weighted by Gasteiger charge is 2.35. The van der Waals surface area contributed by atoms with Crippen molar-refractivity contribution in [1.82, 2.24) is 5.32 Å². The van der Waals surface area contributed by atoms with Crippen LogP contribution in [0, 0.1) is 0 Å². The number of thiocarbonyl (C=S) groups is 1. The van der Waals surface area contributed by atoms with Crippen molar-refractivity contribution < 1.29 is 19.1 Å². The maximum Gasteiger partial charge on any atom is 0.270 e. The van der Waals surface area contributed by atoms with Crippen LogP contribution >= 0.6 is 23.8 Å². The summed E-state index contributed by atoms with van der Waals surface area (Å²) in [5, 5.41) is 5.07. The molecule has 2 amide bonds. The van der Waals surface area contributed by atoms with Gasteiger partial charge in [0.1, 0.15) is 23.7 Å². The number of hydrogen-bond acceptors (Lipinski definition) is 5. The molecule has 1 heterocycles. The van der Waals surface area contributed by atoms with Gasteiger partial charge in [0.2, 0.25) is 0 Å². The Hall–Kier alpha value is -4.20. The average Bonchev–Trinajstić information content (AvgIpc) is 2.91. The highest BCUT2D eigenvalue weighted by atomic mass is 35.5. The molecule has 1 fully saturated rings. The zero-order chi connectivity index (χ0) is 25.9. The summed E-state index contributed by atoms with van der Waals surface area (Å²) in [6.45, 7) is 0.286. The first-order valence-electron chi connectivity index (χ1n) is 11.4. The molecule has 0 aliphatic carbocycles. The van der Waals surface area contributed by atoms with Crippen LogP contribution in [0.5, 0.6) is 11.5 Å². The van der Waals surface area contributed by atoms with Gasteiger partial charge in [-0.2, -0.15) is 0 Å². The molecule has 1 aliphatic rings. The van der Waals surface area contributed by atoms with Crippen LogP contribution in [-0.4, -0.2) is 24.0 Å². The Morgan fingerprint density at radius 1 is 0.946 bits per heavy atom. The van der Waals surface area contributed by atoms with Crippen molar-refractivity contribution >= 4 is 63.3 Å². The van der Waals surface area contributed by atoms with Crippen molar-refractivity contribution in [3.05, 3.63) is 107 Å². The van der Waals surface area contributed by atoms with Crippen molar-refractivity contribution in [3.63, 3.8) is 0 Å². The van der Waals surface area contributed by atoms with Gasteiger partial charge in [-0.1, -0.05) is 54.1 Å². The molecule has 1 saturated heterocycles. The molecule has 37 heavy (non-hydrogen) atoms. The summed E-state index contributed by atoms with van der Waals surface area (Å²) in [4.78, 5) is 27.8. The summed E-state index contributed by atoms with van der Waals surface area (Å²) >= 11 is 11.3. The Morgan fingerprint density at radius 2 is 1.68 bits per heavy atom. The van der Waals surface area contributed by atoms with Crippen molar-refractivity contribution in [1.29, 1.82) is 0 Å². The number of ether oxygens (including phenoxy) is 2. The van der Waals surface area contributed by atoms with Gasteiger partial charge in [0.25, 0.3) is 11.8 Å². The third-order valence-corrected chi connectivity index (χ3v) is 6.50. The van der Waals surface area contributed by atoms with Crippen LogP contribution in [0.1, 0.15) is 11.1 Å². The van der Waals surface area contributed by atoms with E-state index < -0.39 is 11.8 Å². The van der Waals surface area contributed by atoms with Crippen LogP contribution in [0.2, 0.25) is 5.02 Å². The minimum Gasteiger partial charge on any atom is -0.497 e. The van der Waals surface area contributed by atoms with Crippen LogP contribution in [0.25, 0.3) is 16.8 Å². The number of hydrogen-bond donors (Lipinski definition) is 1. The summed E-state index contributed by atoms with van der Waals surface area (Å²) in [6, 6.07) is 25.7. The molecule has 8 heteroatoms. The van der Waals surface area contributed by atoms with E-state index in [4.69, 9.17) is 33.3 Å². The Balaban J connectivity index is 1.56. The first kappa shape index (κ1) is 24.5. The Bertz CT molecular complexity index is 1550. The monoisotopic (exact) mass is 528 g/mol. The largest absolute Gasteiger partial charge is 0.497 e. The van der Waals surface area contributed by atoms with Crippen molar-refractivity contribution in [2.24, 2.45) is 0 Å². The van der Waals surface area contributed by atoms with Gasteiger partial charge >= 0.3 is 0 Å². The number of nitrogens with zero attached hydrogens (tertiary/aromatic N) is 1. The smallest absolute Gasteiger partial charge is 0.270 e. The van der Waals surface area contributed by atoms with Crippen LogP contribution in [0.3, 0.4) is 0 Å². The summed E-state index contributed by atoms with van der Waals surface area (Å²) in [6.07, 6.45) is 1.56. The molecule has 1 aliphatic heterocycles. The first-order valence-corrected chi connectivity index (χ1v) is 12.2. The minimum absolute atomic E-state index is 0.00875. The first-order chi connectivity index (χ1) is 17.9. The second-order valence-electron chi connectivity index (χ2n) is 8.27. The zero-order valence-corrected chi connectivity index (χ0v) is 21.3. The van der Waals surface area contributed by atoms with Gasteiger partial charge in [-0.15, -0.1) is 0 Å². The Kier molecular flexibility index (Phi) is 6.90. The van der Waals surface area contributed by atoms with Crippen LogP contribution < -0.4 is 19.7 Å². The SMILES string of the molecule is COc1ccc(N2C(=O)/C(=C/c3c(OCc4ccc(Cl)cc4)ccc4ccccc34)C(=O)NC2=S)cc1. The third-order valence-electron chi connectivity index (χ3n) is 5.96. The summed E-state index contributed by atoms with van der Waals surface area (Å²) < 4.78 is 11.4. The van der Waals surface area contributed by atoms with E-state index in [1.54, 1.807) is 49.6 Å². The van der Waals surface area contributed by atoms with Gasteiger partial charge in [-0.25, -0.2) is 0 Å². The van der Waals surface area contributed by atoms with E-state index in [0.717, 1.165) is 16.3 Å². The van der Waals surface area contributed by atoms with E-state index in [9.17, 15) is 9.59 Å². The van der Waals surface area contributed by atoms with Crippen molar-refractivity contribution in [3.8, 4) is 11.5 Å². The van der Waals surface area contributed by atoms with Crippen LogP contribution in [0.4, 0.5) is 5.69 Å². The average molecular weight is 529 g/mol. The van der Waals surface area contributed by atoms with Gasteiger partial charge in [0.05, 0.1) is 12.8 Å². The van der Waals surface area contributed by atoms with E-state index in [1.807, 2.05) is 48.5 Å². The molecule has 0 bridgehead atoms. The maximum absolute atomic E-state index is 13.6. The molecule has 0 spiro atoms. The maximum atomic E-state index is 13.6. The highest BCUT2D eigenvalue weighted by Crippen LogP contribution is 2.32. The van der Waals surface area contributed by atoms with Gasteiger partial charge in [-0.05, 0) is 77.1 Å². The molecule has 6 nitrogen and oxygen atoms in total. The zero-order valence-electron chi connectivity index (χ0n) is 19.7. The van der Waals surface area contributed by atoms with E-state index >= 15 is 0 Å². The number of nitrogens with one attached hydrogen (secondary N) is 1. The number of rotatable bonds is 6. The normalized spacial score (nSPS) is 14.7. The number of fused-ring (bicyclic) bond motifs is 1. The Morgan fingerprint density at radius 3 is 2.41 bits per heavy atom. The number of amides is 2. The molecule has 0 atom stereocenters. The van der Waals surface area contributed by atoms with Crippen molar-refractivity contribution in [2.75, 3.05) is 12.0 Å². The lowest BCUT2D eigenvalue weighted by Gasteiger charge is -2.29.